The molecule has 0 radical (unpaired) electrons. The fraction of sp³-hybridized carbons (Fsp3) is 0.176. The molecule has 0 aliphatic rings. The number of hydrogen-bond acceptors (Lipinski definition) is 3. The lowest BCUT2D eigenvalue weighted by atomic mass is 10.1. The second-order valence-electron chi connectivity index (χ2n) is 4.83. The van der Waals surface area contributed by atoms with Crippen LogP contribution < -0.4 is 10.6 Å². The van der Waals surface area contributed by atoms with E-state index in [1.165, 1.54) is 0 Å². The highest BCUT2D eigenvalue weighted by Gasteiger charge is 2.25. The van der Waals surface area contributed by atoms with E-state index in [0.29, 0.717) is 12.1 Å². The molecule has 0 heterocycles. The number of hydrogen-bond donors (Lipinski definition) is 2. The molecule has 24 heavy (non-hydrogen) atoms. The molecule has 0 saturated carbocycles. The van der Waals surface area contributed by atoms with Gasteiger partial charge in [0.05, 0.1) is 0 Å². The Morgan fingerprint density at radius 2 is 1.83 bits per heavy atom. The Hall–Kier alpha value is -2.41. The van der Waals surface area contributed by atoms with Crippen molar-refractivity contribution < 1.29 is 18.4 Å². The fourth-order valence-corrected chi connectivity index (χ4v) is 3.05. The number of carbonyl (C=O) groups is 2. The highest BCUT2D eigenvalue weighted by atomic mass is 32.2. The van der Waals surface area contributed by atoms with E-state index in [9.17, 15) is 18.4 Å². The molecule has 1 atom stereocenters. The minimum atomic E-state index is -0.898. The molecule has 0 fully saturated rings. The summed E-state index contributed by atoms with van der Waals surface area (Å²) < 4.78 is 27.3. The summed E-state index contributed by atoms with van der Waals surface area (Å²) in [6.07, 6.45) is 0. The van der Waals surface area contributed by atoms with E-state index in [0.717, 1.165) is 30.0 Å². The molecule has 0 aliphatic heterocycles. The SMILES string of the molecule is CCNC(=O)NC(=O)[C@H](Sc1cc(F)ccc1F)c1ccccc1. The van der Waals surface area contributed by atoms with Crippen LogP contribution in [0.3, 0.4) is 0 Å². The van der Waals surface area contributed by atoms with Crippen LogP contribution in [-0.2, 0) is 4.79 Å². The van der Waals surface area contributed by atoms with Gasteiger partial charge in [-0.1, -0.05) is 30.3 Å². The first kappa shape index (κ1) is 17.9. The summed E-state index contributed by atoms with van der Waals surface area (Å²) in [5, 5.41) is 3.76. The maximum absolute atomic E-state index is 13.9. The first-order chi connectivity index (χ1) is 11.5. The summed E-state index contributed by atoms with van der Waals surface area (Å²) in [6.45, 7) is 2.08. The molecule has 3 amide bonds. The quantitative estimate of drug-likeness (QED) is 0.810. The van der Waals surface area contributed by atoms with Crippen molar-refractivity contribution in [1.29, 1.82) is 0 Å². The van der Waals surface area contributed by atoms with Crippen molar-refractivity contribution in [1.82, 2.24) is 10.6 Å². The van der Waals surface area contributed by atoms with E-state index in [-0.39, 0.29) is 4.90 Å². The number of thioether (sulfide) groups is 1. The summed E-state index contributed by atoms with van der Waals surface area (Å²) in [5.41, 5.74) is 0.577. The average molecular weight is 350 g/mol. The maximum Gasteiger partial charge on any atom is 0.321 e. The third-order valence-corrected chi connectivity index (χ3v) is 4.34. The Kier molecular flexibility index (Phi) is 6.31. The number of amides is 3. The molecular weight excluding hydrogens is 334 g/mol. The Morgan fingerprint density at radius 3 is 2.50 bits per heavy atom. The third-order valence-electron chi connectivity index (χ3n) is 3.05. The molecule has 2 aromatic carbocycles. The minimum Gasteiger partial charge on any atom is -0.338 e. The predicted molar refractivity (Wildman–Crippen MR) is 88.6 cm³/mol. The van der Waals surface area contributed by atoms with Crippen molar-refractivity contribution in [2.24, 2.45) is 0 Å². The summed E-state index contributed by atoms with van der Waals surface area (Å²) in [5.74, 6) is -1.84. The Balaban J connectivity index is 2.28. The van der Waals surface area contributed by atoms with Crippen molar-refractivity contribution in [3.63, 3.8) is 0 Å². The van der Waals surface area contributed by atoms with Gasteiger partial charge in [-0.2, -0.15) is 0 Å². The molecule has 7 heteroatoms. The summed E-state index contributed by atoms with van der Waals surface area (Å²) in [6, 6.07) is 11.0. The molecule has 4 nitrogen and oxygen atoms in total. The van der Waals surface area contributed by atoms with Crippen LogP contribution in [0.5, 0.6) is 0 Å². The Morgan fingerprint density at radius 1 is 1.12 bits per heavy atom. The highest BCUT2D eigenvalue weighted by molar-refractivity contribution is 8.00. The van der Waals surface area contributed by atoms with Crippen LogP contribution in [0.2, 0.25) is 0 Å². The standard InChI is InChI=1S/C17H16F2N2O2S/c1-2-20-17(23)21-16(22)15(11-6-4-3-5-7-11)24-14-10-12(18)8-9-13(14)19/h3-10,15H,2H2,1H3,(H2,20,21,22,23)/t15-/m1/s1. The van der Waals surface area contributed by atoms with Gasteiger partial charge < -0.3 is 5.32 Å². The van der Waals surface area contributed by atoms with Gasteiger partial charge in [0.1, 0.15) is 16.9 Å². The molecule has 2 N–H and O–H groups in total. The third kappa shape index (κ3) is 4.79. The number of halogens is 2. The van der Waals surface area contributed by atoms with Gasteiger partial charge in [-0.3, -0.25) is 10.1 Å². The normalized spacial score (nSPS) is 11.6. The molecule has 0 spiro atoms. The van der Waals surface area contributed by atoms with Crippen LogP contribution in [0.15, 0.2) is 53.4 Å². The van der Waals surface area contributed by atoms with Crippen LogP contribution in [0.4, 0.5) is 13.6 Å². The molecule has 0 aromatic heterocycles. The maximum atomic E-state index is 13.9. The van der Waals surface area contributed by atoms with E-state index in [1.54, 1.807) is 37.3 Å². The number of nitrogens with one attached hydrogen (secondary N) is 2. The van der Waals surface area contributed by atoms with E-state index in [2.05, 4.69) is 10.6 Å². The zero-order valence-electron chi connectivity index (χ0n) is 12.9. The Bertz CT molecular complexity index is 726. The summed E-state index contributed by atoms with van der Waals surface area (Å²) in [4.78, 5) is 24.0. The summed E-state index contributed by atoms with van der Waals surface area (Å²) >= 11 is 0.844. The van der Waals surface area contributed by atoms with E-state index in [4.69, 9.17) is 0 Å². The largest absolute Gasteiger partial charge is 0.338 e. The number of urea groups is 1. The lowest BCUT2D eigenvalue weighted by molar-refractivity contribution is -0.119. The van der Waals surface area contributed by atoms with Gasteiger partial charge >= 0.3 is 6.03 Å². The van der Waals surface area contributed by atoms with Crippen molar-refractivity contribution >= 4 is 23.7 Å². The van der Waals surface area contributed by atoms with Gasteiger partial charge in [0.25, 0.3) is 0 Å². The second-order valence-corrected chi connectivity index (χ2v) is 5.98. The van der Waals surface area contributed by atoms with Crippen LogP contribution >= 0.6 is 11.8 Å². The van der Waals surface area contributed by atoms with E-state index < -0.39 is 28.8 Å². The molecule has 0 saturated heterocycles. The van der Waals surface area contributed by atoms with Gasteiger partial charge in [0.2, 0.25) is 5.91 Å². The van der Waals surface area contributed by atoms with Crippen molar-refractivity contribution in [3.05, 3.63) is 65.7 Å². The van der Waals surface area contributed by atoms with Gasteiger partial charge in [-0.05, 0) is 30.7 Å². The van der Waals surface area contributed by atoms with Crippen LogP contribution in [0.1, 0.15) is 17.7 Å². The lowest BCUT2D eigenvalue weighted by Gasteiger charge is -2.17. The van der Waals surface area contributed by atoms with Gasteiger partial charge in [-0.25, -0.2) is 13.6 Å². The average Bonchev–Trinajstić information content (AvgIpc) is 2.56. The molecule has 2 rings (SSSR count). The van der Waals surface area contributed by atoms with Gasteiger partial charge in [0.15, 0.2) is 0 Å². The molecule has 2 aromatic rings. The monoisotopic (exact) mass is 350 g/mol. The van der Waals surface area contributed by atoms with Crippen LogP contribution in [-0.4, -0.2) is 18.5 Å². The van der Waals surface area contributed by atoms with Crippen LogP contribution in [0.25, 0.3) is 0 Å². The van der Waals surface area contributed by atoms with Crippen molar-refractivity contribution in [2.75, 3.05) is 6.54 Å². The molecule has 0 unspecified atom stereocenters. The molecular formula is C17H16F2N2O2S. The van der Waals surface area contributed by atoms with Crippen LogP contribution in [0, 0.1) is 11.6 Å². The lowest BCUT2D eigenvalue weighted by Crippen LogP contribution is -2.41. The second kappa shape index (κ2) is 8.44. The fourth-order valence-electron chi connectivity index (χ4n) is 1.98. The zero-order valence-corrected chi connectivity index (χ0v) is 13.7. The number of rotatable bonds is 5. The highest BCUT2D eigenvalue weighted by Crippen LogP contribution is 2.37. The smallest absolute Gasteiger partial charge is 0.321 e. The van der Waals surface area contributed by atoms with Crippen molar-refractivity contribution in [3.8, 4) is 0 Å². The number of carbonyl (C=O) groups excluding carboxylic acids is 2. The van der Waals surface area contributed by atoms with E-state index >= 15 is 0 Å². The van der Waals surface area contributed by atoms with Gasteiger partial charge in [0, 0.05) is 11.4 Å². The first-order valence-corrected chi connectivity index (χ1v) is 8.14. The Labute approximate surface area is 142 Å². The van der Waals surface area contributed by atoms with Gasteiger partial charge in [-0.15, -0.1) is 11.8 Å². The topological polar surface area (TPSA) is 58.2 Å². The molecule has 0 aliphatic carbocycles. The predicted octanol–water partition coefficient (Wildman–Crippen LogP) is 3.64. The number of benzene rings is 2. The van der Waals surface area contributed by atoms with Crippen molar-refractivity contribution in [2.45, 2.75) is 17.1 Å². The van der Waals surface area contributed by atoms with E-state index in [1.807, 2.05) is 0 Å². The minimum absolute atomic E-state index is 0.00472. The summed E-state index contributed by atoms with van der Waals surface area (Å²) in [7, 11) is 0. The first-order valence-electron chi connectivity index (χ1n) is 7.26. The molecule has 126 valence electrons. The number of imide groups is 1. The molecule has 0 bridgehead atoms. The zero-order chi connectivity index (χ0) is 17.5.